The molecule has 1 amide bonds. The van der Waals surface area contributed by atoms with Gasteiger partial charge in [-0.05, 0) is 63.1 Å². The van der Waals surface area contributed by atoms with Crippen molar-refractivity contribution in [3.8, 4) is 11.4 Å². The van der Waals surface area contributed by atoms with Gasteiger partial charge in [0.1, 0.15) is 11.6 Å². The lowest BCUT2D eigenvalue weighted by molar-refractivity contribution is -0.114. The van der Waals surface area contributed by atoms with Crippen LogP contribution in [0.5, 0.6) is 5.75 Å². The van der Waals surface area contributed by atoms with Crippen molar-refractivity contribution in [1.82, 2.24) is 9.47 Å². The minimum atomic E-state index is -0.380. The molecular formula is C22H22N4O2S. The van der Waals surface area contributed by atoms with Crippen molar-refractivity contribution in [1.29, 1.82) is 5.41 Å². The molecule has 0 spiro atoms. The summed E-state index contributed by atoms with van der Waals surface area (Å²) in [5.74, 6) is 0.555. The van der Waals surface area contributed by atoms with E-state index in [9.17, 15) is 4.79 Å². The largest absolute Gasteiger partial charge is 0.495 e. The Kier molecular flexibility index (Phi) is 4.70. The highest BCUT2D eigenvalue weighted by molar-refractivity contribution is 8.17. The highest BCUT2D eigenvalue weighted by Gasteiger charge is 2.33. The summed E-state index contributed by atoms with van der Waals surface area (Å²) < 4.78 is 7.67. The number of aryl methyl sites for hydroxylation is 2. The second-order valence-electron chi connectivity index (χ2n) is 7.16. The number of fused-ring (bicyclic) bond motifs is 1. The van der Waals surface area contributed by atoms with Crippen molar-refractivity contribution in [2.24, 2.45) is 4.99 Å². The summed E-state index contributed by atoms with van der Waals surface area (Å²) in [5, 5.41) is 9.05. The van der Waals surface area contributed by atoms with Gasteiger partial charge in [-0.2, -0.15) is 4.99 Å². The summed E-state index contributed by atoms with van der Waals surface area (Å²) in [4.78, 5) is 19.4. The van der Waals surface area contributed by atoms with Crippen molar-refractivity contribution < 1.29 is 9.53 Å². The van der Waals surface area contributed by atoms with Gasteiger partial charge >= 0.3 is 0 Å². The molecule has 2 aliphatic rings. The molecule has 1 aromatic carbocycles. The van der Waals surface area contributed by atoms with Gasteiger partial charge in [0.2, 0.25) is 0 Å². The highest BCUT2D eigenvalue weighted by Crippen LogP contribution is 2.34. The molecule has 0 atom stereocenters. The number of allylic oxidation sites excluding steroid dienone is 1. The zero-order chi connectivity index (χ0) is 20.9. The van der Waals surface area contributed by atoms with Crippen LogP contribution in [0.2, 0.25) is 0 Å². The van der Waals surface area contributed by atoms with Gasteiger partial charge in [-0.25, -0.2) is 0 Å². The van der Waals surface area contributed by atoms with Crippen LogP contribution in [0.1, 0.15) is 29.4 Å². The summed E-state index contributed by atoms with van der Waals surface area (Å²) in [7, 11) is 1.66. The molecule has 6 nitrogen and oxygen atoms in total. The maximum atomic E-state index is 12.6. The number of aromatic nitrogens is 1. The number of carbonyl (C=O) groups excluding carboxylic acids is 1. The molecule has 7 heteroatoms. The molecule has 0 saturated carbocycles. The van der Waals surface area contributed by atoms with E-state index >= 15 is 0 Å². The fourth-order valence-corrected chi connectivity index (χ4v) is 4.45. The van der Waals surface area contributed by atoms with E-state index in [-0.39, 0.29) is 17.3 Å². The molecule has 0 bridgehead atoms. The van der Waals surface area contributed by atoms with Crippen LogP contribution in [0.4, 0.5) is 0 Å². The number of nitrogens with zero attached hydrogens (tertiary/aromatic N) is 3. The number of methoxy groups -OCH3 is 1. The van der Waals surface area contributed by atoms with Crippen LogP contribution in [0, 0.1) is 26.2 Å². The van der Waals surface area contributed by atoms with Gasteiger partial charge in [-0.3, -0.25) is 15.1 Å². The van der Waals surface area contributed by atoms with E-state index < -0.39 is 0 Å². The van der Waals surface area contributed by atoms with E-state index in [1.165, 1.54) is 11.8 Å². The number of amides is 1. The standard InChI is InChI=1S/C22H22N4O2S/c1-12-6-7-19(28-5)18(8-12)26-13(2)9-16(15(26)4)10-17-20(23)25-11-14(3)29-22(25)24-21(17)27/h6-11,23H,1-5H3/b17-10-,23-20?. The first-order valence-electron chi connectivity index (χ1n) is 9.23. The summed E-state index contributed by atoms with van der Waals surface area (Å²) in [6.07, 6.45) is 3.60. The number of ether oxygens (including phenoxy) is 1. The zero-order valence-corrected chi connectivity index (χ0v) is 17.8. The third kappa shape index (κ3) is 3.21. The molecule has 1 N–H and O–H groups in total. The predicted octanol–water partition coefficient (Wildman–Crippen LogP) is 4.58. The van der Waals surface area contributed by atoms with Gasteiger partial charge in [-0.1, -0.05) is 17.8 Å². The Balaban J connectivity index is 1.81. The number of thioether (sulfide) groups is 1. The number of amidine groups is 2. The molecule has 2 aliphatic heterocycles. The molecule has 0 aliphatic carbocycles. The van der Waals surface area contributed by atoms with Crippen LogP contribution >= 0.6 is 11.8 Å². The average Bonchev–Trinajstić information content (AvgIpc) is 3.17. The minimum Gasteiger partial charge on any atom is -0.495 e. The van der Waals surface area contributed by atoms with E-state index in [1.54, 1.807) is 18.1 Å². The molecule has 1 aromatic heterocycles. The normalized spacial score (nSPS) is 17.6. The topological polar surface area (TPSA) is 70.7 Å². The lowest BCUT2D eigenvalue weighted by Crippen LogP contribution is -2.35. The fourth-order valence-electron chi connectivity index (χ4n) is 3.64. The first-order chi connectivity index (χ1) is 13.8. The van der Waals surface area contributed by atoms with Crippen molar-refractivity contribution in [3.63, 3.8) is 0 Å². The molecule has 0 radical (unpaired) electrons. The number of aliphatic imine (C=N–C) groups is 1. The van der Waals surface area contributed by atoms with E-state index in [0.29, 0.717) is 5.17 Å². The van der Waals surface area contributed by atoms with Gasteiger partial charge in [0.25, 0.3) is 5.91 Å². The lowest BCUT2D eigenvalue weighted by Gasteiger charge is -2.22. The lowest BCUT2D eigenvalue weighted by atomic mass is 10.1. The zero-order valence-electron chi connectivity index (χ0n) is 17.0. The van der Waals surface area contributed by atoms with Crippen molar-refractivity contribution in [2.75, 3.05) is 7.11 Å². The first-order valence-corrected chi connectivity index (χ1v) is 10.0. The van der Waals surface area contributed by atoms with Crippen molar-refractivity contribution in [2.45, 2.75) is 27.7 Å². The van der Waals surface area contributed by atoms with Gasteiger partial charge < -0.3 is 9.30 Å². The van der Waals surface area contributed by atoms with Gasteiger partial charge in [0.15, 0.2) is 5.17 Å². The second-order valence-corrected chi connectivity index (χ2v) is 8.37. The molecule has 4 rings (SSSR count). The number of rotatable bonds is 3. The molecular weight excluding hydrogens is 384 g/mol. The van der Waals surface area contributed by atoms with E-state index in [2.05, 4.69) is 15.6 Å². The maximum absolute atomic E-state index is 12.6. The number of benzene rings is 1. The third-order valence-corrected chi connectivity index (χ3v) is 5.94. The average molecular weight is 407 g/mol. The van der Waals surface area contributed by atoms with E-state index in [1.807, 2.05) is 52.1 Å². The molecule has 0 fully saturated rings. The molecule has 148 valence electrons. The van der Waals surface area contributed by atoms with Crippen molar-refractivity contribution in [3.05, 3.63) is 63.5 Å². The Bertz CT molecular complexity index is 1150. The summed E-state index contributed by atoms with van der Waals surface area (Å²) >= 11 is 1.41. The van der Waals surface area contributed by atoms with Crippen LogP contribution in [0.25, 0.3) is 11.8 Å². The number of carbonyl (C=O) groups is 1. The van der Waals surface area contributed by atoms with E-state index in [4.69, 9.17) is 10.1 Å². The summed E-state index contributed by atoms with van der Waals surface area (Å²) in [6.45, 7) is 8.00. The monoisotopic (exact) mass is 406 g/mol. The molecule has 0 unspecified atom stereocenters. The first kappa shape index (κ1) is 19.3. The van der Waals surface area contributed by atoms with E-state index in [0.717, 1.165) is 38.9 Å². The van der Waals surface area contributed by atoms with Crippen molar-refractivity contribution >= 4 is 34.7 Å². The molecule has 2 aromatic rings. The summed E-state index contributed by atoms with van der Waals surface area (Å²) in [6, 6.07) is 8.07. The highest BCUT2D eigenvalue weighted by atomic mass is 32.2. The number of nitrogens with one attached hydrogen (secondary N) is 1. The Labute approximate surface area is 174 Å². The second kappa shape index (κ2) is 7.08. The quantitative estimate of drug-likeness (QED) is 0.758. The van der Waals surface area contributed by atoms with Gasteiger partial charge in [-0.15, -0.1) is 0 Å². The van der Waals surface area contributed by atoms with Crippen LogP contribution in [-0.4, -0.2) is 33.5 Å². The van der Waals surface area contributed by atoms with Gasteiger partial charge in [0.05, 0.1) is 18.4 Å². The minimum absolute atomic E-state index is 0.155. The Hall–Kier alpha value is -3.06. The van der Waals surface area contributed by atoms with Crippen LogP contribution in [-0.2, 0) is 4.79 Å². The van der Waals surface area contributed by atoms with Crippen LogP contribution < -0.4 is 4.74 Å². The molecule has 3 heterocycles. The van der Waals surface area contributed by atoms with Crippen LogP contribution in [0.15, 0.2) is 45.9 Å². The SMILES string of the molecule is COc1ccc(C)cc1-n1c(C)cc(/C=C2/C(=N)N3C=C(C)SC3=NC2=O)c1C. The van der Waals surface area contributed by atoms with Crippen LogP contribution in [0.3, 0.4) is 0 Å². The predicted molar refractivity (Wildman–Crippen MR) is 118 cm³/mol. The number of hydrogen-bond acceptors (Lipinski definition) is 4. The molecule has 29 heavy (non-hydrogen) atoms. The third-order valence-electron chi connectivity index (χ3n) is 5.04. The Morgan fingerprint density at radius 1 is 1.17 bits per heavy atom. The Morgan fingerprint density at radius 2 is 1.93 bits per heavy atom. The summed E-state index contributed by atoms with van der Waals surface area (Å²) in [5.41, 5.74) is 5.24. The Morgan fingerprint density at radius 3 is 2.66 bits per heavy atom. The maximum Gasteiger partial charge on any atom is 0.283 e. The fraction of sp³-hybridized carbons (Fsp3) is 0.227. The van der Waals surface area contributed by atoms with Gasteiger partial charge in [0, 0.05) is 22.5 Å². The smallest absolute Gasteiger partial charge is 0.283 e. The molecule has 0 saturated heterocycles. The number of hydrogen-bond donors (Lipinski definition) is 1.